The van der Waals surface area contributed by atoms with Gasteiger partial charge in [-0.05, 0) is 12.8 Å². The summed E-state index contributed by atoms with van der Waals surface area (Å²) in [5.74, 6) is -0.141. The van der Waals surface area contributed by atoms with Gasteiger partial charge in [0.1, 0.15) is 0 Å². The Morgan fingerprint density at radius 3 is 1.31 bits per heavy atom. The molecule has 49 heavy (non-hydrogen) atoms. The fourth-order valence-corrected chi connectivity index (χ4v) is 7.48. The van der Waals surface area contributed by atoms with Crippen LogP contribution in [-0.4, -0.2) is 74.2 Å². The van der Waals surface area contributed by atoms with Crippen molar-refractivity contribution in [2.45, 2.75) is 200 Å². The number of nitrogens with zero attached hydrogens (tertiary/aromatic N) is 1. The van der Waals surface area contributed by atoms with E-state index >= 15 is 0 Å². The fourth-order valence-electron chi connectivity index (χ4n) is 6.08. The van der Waals surface area contributed by atoms with Gasteiger partial charge in [-0.25, -0.2) is 0 Å². The van der Waals surface area contributed by atoms with E-state index < -0.39 is 13.6 Å². The van der Waals surface area contributed by atoms with Gasteiger partial charge in [-0.15, -0.1) is 0 Å². The maximum atomic E-state index is 12.8. The standard InChI is InChI=1S/C40H82N3O5P/c1-6-8-10-12-14-16-18-20-22-24-26-28-30-32-39(44)41-36-38(37-48-49(46,47)35-34-43(3,4)5)42-40(45)33-31-29-27-25-23-21-19-17-15-13-11-9-7-2/h38H,6-37H2,1-5H3,(H2-,41,42,44,45,46,47)/p+1/t38-/m1/s1. The lowest BCUT2D eigenvalue weighted by molar-refractivity contribution is -0.867. The minimum absolute atomic E-state index is 0.0432. The molecule has 0 rings (SSSR count). The van der Waals surface area contributed by atoms with Crippen molar-refractivity contribution in [1.82, 2.24) is 10.6 Å². The smallest absolute Gasteiger partial charge is 0.333 e. The highest BCUT2D eigenvalue weighted by Crippen LogP contribution is 2.41. The molecule has 3 N–H and O–H groups in total. The predicted octanol–water partition coefficient (Wildman–Crippen LogP) is 10.5. The average Bonchev–Trinajstić information content (AvgIpc) is 3.05. The Morgan fingerprint density at radius 2 is 0.939 bits per heavy atom. The summed E-state index contributed by atoms with van der Waals surface area (Å²) in [5, 5.41) is 5.90. The van der Waals surface area contributed by atoms with Gasteiger partial charge in [-0.1, -0.05) is 168 Å². The number of carbonyl (C=O) groups excluding carboxylic acids is 2. The van der Waals surface area contributed by atoms with Crippen LogP contribution in [0.3, 0.4) is 0 Å². The van der Waals surface area contributed by atoms with Crippen molar-refractivity contribution in [3.8, 4) is 0 Å². The topological polar surface area (TPSA) is 105 Å². The van der Waals surface area contributed by atoms with E-state index in [0.29, 0.717) is 23.9 Å². The van der Waals surface area contributed by atoms with E-state index in [2.05, 4.69) is 24.5 Å². The summed E-state index contributed by atoms with van der Waals surface area (Å²) >= 11 is 0. The Kier molecular flexibility index (Phi) is 32.3. The number of amides is 2. The highest BCUT2D eigenvalue weighted by molar-refractivity contribution is 7.52. The third-order valence-corrected chi connectivity index (χ3v) is 10.8. The molecule has 0 radical (unpaired) electrons. The van der Waals surface area contributed by atoms with E-state index in [1.54, 1.807) is 0 Å². The van der Waals surface area contributed by atoms with Crippen LogP contribution in [0.5, 0.6) is 0 Å². The lowest BCUT2D eigenvalue weighted by Crippen LogP contribution is -2.46. The fraction of sp³-hybridized carbons (Fsp3) is 0.950. The molecule has 2 atom stereocenters. The number of carbonyl (C=O) groups is 2. The first-order chi connectivity index (χ1) is 23.5. The minimum atomic E-state index is -3.81. The lowest BCUT2D eigenvalue weighted by atomic mass is 10.0. The summed E-state index contributed by atoms with van der Waals surface area (Å²) in [5.41, 5.74) is 0. The van der Waals surface area contributed by atoms with Crippen molar-refractivity contribution in [2.24, 2.45) is 0 Å². The summed E-state index contributed by atoms with van der Waals surface area (Å²) in [6, 6.07) is -0.547. The van der Waals surface area contributed by atoms with Gasteiger partial charge in [-0.2, -0.15) is 0 Å². The Hall–Kier alpha value is -0.950. The van der Waals surface area contributed by atoms with E-state index in [4.69, 9.17) is 4.52 Å². The van der Waals surface area contributed by atoms with E-state index in [1.807, 2.05) is 21.1 Å². The summed E-state index contributed by atoms with van der Waals surface area (Å²) < 4.78 is 18.7. The van der Waals surface area contributed by atoms with Crippen LogP contribution in [0.4, 0.5) is 0 Å². The summed E-state index contributed by atoms with van der Waals surface area (Å²) in [6.45, 7) is 5.11. The van der Waals surface area contributed by atoms with Gasteiger partial charge in [-0.3, -0.25) is 14.2 Å². The van der Waals surface area contributed by atoms with Gasteiger partial charge in [0.05, 0.1) is 46.5 Å². The van der Waals surface area contributed by atoms with Crippen molar-refractivity contribution in [2.75, 3.05) is 47.0 Å². The van der Waals surface area contributed by atoms with Crippen LogP contribution in [0.15, 0.2) is 0 Å². The van der Waals surface area contributed by atoms with Gasteiger partial charge >= 0.3 is 7.60 Å². The molecule has 0 aromatic rings. The molecule has 0 aromatic heterocycles. The number of nitrogens with one attached hydrogen (secondary N) is 2. The van der Waals surface area contributed by atoms with Gasteiger partial charge in [0, 0.05) is 19.4 Å². The van der Waals surface area contributed by atoms with Crippen LogP contribution < -0.4 is 10.6 Å². The van der Waals surface area contributed by atoms with Crippen LogP contribution in [-0.2, 0) is 18.7 Å². The molecule has 2 amide bonds. The third-order valence-electron chi connectivity index (χ3n) is 9.46. The van der Waals surface area contributed by atoms with E-state index in [9.17, 15) is 19.0 Å². The molecule has 0 aliphatic carbocycles. The molecule has 0 aliphatic rings. The molecule has 1 unspecified atom stereocenters. The Labute approximate surface area is 304 Å². The zero-order valence-corrected chi connectivity index (χ0v) is 34.1. The molecule has 0 aromatic carbocycles. The Morgan fingerprint density at radius 1 is 0.592 bits per heavy atom. The monoisotopic (exact) mass is 717 g/mol. The van der Waals surface area contributed by atoms with Crippen LogP contribution in [0.25, 0.3) is 0 Å². The molecule has 0 saturated carbocycles. The molecule has 8 nitrogen and oxygen atoms in total. The molecule has 0 heterocycles. The van der Waals surface area contributed by atoms with Crippen LogP contribution in [0.2, 0.25) is 0 Å². The first-order valence-electron chi connectivity index (χ1n) is 20.8. The molecular formula is C40H83N3O5P+. The number of unbranched alkanes of at least 4 members (excludes halogenated alkanes) is 24. The summed E-state index contributed by atoms with van der Waals surface area (Å²) in [4.78, 5) is 35.7. The van der Waals surface area contributed by atoms with Crippen LogP contribution in [0.1, 0.15) is 194 Å². The highest BCUT2D eigenvalue weighted by atomic mass is 31.2. The van der Waals surface area contributed by atoms with E-state index in [1.165, 1.54) is 128 Å². The molecular weight excluding hydrogens is 633 g/mol. The molecule has 9 heteroatoms. The Bertz CT molecular complexity index is 820. The van der Waals surface area contributed by atoms with Crippen molar-refractivity contribution < 1.29 is 28.1 Å². The average molecular weight is 717 g/mol. The van der Waals surface area contributed by atoms with E-state index in [-0.39, 0.29) is 31.1 Å². The van der Waals surface area contributed by atoms with Crippen molar-refractivity contribution >= 4 is 19.4 Å². The Balaban J connectivity index is 4.33. The number of rotatable bonds is 37. The van der Waals surface area contributed by atoms with Crippen LogP contribution >= 0.6 is 7.60 Å². The third kappa shape index (κ3) is 36.6. The second-order valence-corrected chi connectivity index (χ2v) is 17.7. The number of hydrogen-bond acceptors (Lipinski definition) is 4. The molecule has 0 aliphatic heterocycles. The van der Waals surface area contributed by atoms with Crippen molar-refractivity contribution in [1.29, 1.82) is 0 Å². The van der Waals surface area contributed by atoms with Gasteiger partial charge in [0.25, 0.3) is 0 Å². The number of hydrogen-bond donors (Lipinski definition) is 3. The predicted molar refractivity (Wildman–Crippen MR) is 209 cm³/mol. The van der Waals surface area contributed by atoms with Gasteiger partial charge in [0.15, 0.2) is 0 Å². The second kappa shape index (κ2) is 32.9. The van der Waals surface area contributed by atoms with Crippen molar-refractivity contribution in [3.63, 3.8) is 0 Å². The molecule has 0 bridgehead atoms. The maximum Gasteiger partial charge on any atom is 0.333 e. The van der Waals surface area contributed by atoms with E-state index in [0.717, 1.165) is 38.5 Å². The first-order valence-corrected chi connectivity index (χ1v) is 22.6. The SMILES string of the molecule is CCCCCCCCCCCCCCCC(=O)NC[C@H](COP(=O)(O)CC[N+](C)(C)C)NC(=O)CCCCCCCCCCCCCCC. The van der Waals surface area contributed by atoms with Crippen LogP contribution in [0, 0.1) is 0 Å². The summed E-state index contributed by atoms with van der Waals surface area (Å²) in [6.07, 6.45) is 33.6. The minimum Gasteiger partial charge on any atom is -0.354 e. The molecule has 292 valence electrons. The molecule has 0 spiro atoms. The van der Waals surface area contributed by atoms with Gasteiger partial charge < -0.3 is 24.5 Å². The summed E-state index contributed by atoms with van der Waals surface area (Å²) in [7, 11) is 2.09. The molecule has 0 saturated heterocycles. The normalized spacial score (nSPS) is 13.7. The lowest BCUT2D eigenvalue weighted by Gasteiger charge is -2.26. The largest absolute Gasteiger partial charge is 0.354 e. The highest BCUT2D eigenvalue weighted by Gasteiger charge is 2.26. The second-order valence-electron chi connectivity index (χ2n) is 15.7. The maximum absolute atomic E-state index is 12.8. The zero-order valence-electron chi connectivity index (χ0n) is 33.2. The van der Waals surface area contributed by atoms with Crippen molar-refractivity contribution in [3.05, 3.63) is 0 Å². The van der Waals surface area contributed by atoms with Gasteiger partial charge in [0.2, 0.25) is 11.8 Å². The first kappa shape index (κ1) is 48.0. The molecule has 0 fully saturated rings. The number of quaternary nitrogens is 1. The quantitative estimate of drug-likeness (QED) is 0.0337. The zero-order chi connectivity index (χ0) is 36.5.